The first kappa shape index (κ1) is 16.4. The van der Waals surface area contributed by atoms with Gasteiger partial charge in [-0.3, -0.25) is 0 Å². The number of nitrogens with zero attached hydrogens (tertiary/aromatic N) is 3. The van der Waals surface area contributed by atoms with Gasteiger partial charge >= 0.3 is 12.1 Å². The van der Waals surface area contributed by atoms with Crippen LogP contribution in [0.25, 0.3) is 11.1 Å². The van der Waals surface area contributed by atoms with Crippen LogP contribution < -0.4 is 14.8 Å². The first-order valence-electron chi connectivity index (χ1n) is 7.56. The molecule has 3 aromatic rings. The molecule has 7 heteroatoms. The average molecular weight is 336 g/mol. The van der Waals surface area contributed by atoms with E-state index in [4.69, 9.17) is 9.47 Å². The van der Waals surface area contributed by atoms with Gasteiger partial charge in [-0.1, -0.05) is 30.3 Å². The summed E-state index contributed by atoms with van der Waals surface area (Å²) in [5.74, 6) is 0.212. The van der Waals surface area contributed by atoms with E-state index in [1.54, 1.807) is 30.7 Å². The highest BCUT2D eigenvalue weighted by Gasteiger charge is 2.07. The van der Waals surface area contributed by atoms with Crippen LogP contribution in [0.3, 0.4) is 0 Å². The van der Waals surface area contributed by atoms with Crippen molar-refractivity contribution in [2.45, 2.75) is 6.54 Å². The number of pyridine rings is 1. The SMILES string of the molecule is COc1ncc(-c2ccc(OC(=O)NCc3ccccc3)nc2)cn1. The number of aromatic nitrogens is 3. The lowest BCUT2D eigenvalue weighted by Crippen LogP contribution is -2.26. The van der Waals surface area contributed by atoms with Crippen molar-refractivity contribution in [3.05, 3.63) is 66.6 Å². The second-order valence-electron chi connectivity index (χ2n) is 5.07. The zero-order chi connectivity index (χ0) is 17.5. The highest BCUT2D eigenvalue weighted by molar-refractivity contribution is 5.70. The zero-order valence-corrected chi connectivity index (χ0v) is 13.5. The molecule has 25 heavy (non-hydrogen) atoms. The Labute approximate surface area is 144 Å². The van der Waals surface area contributed by atoms with Crippen molar-refractivity contribution in [3.8, 4) is 23.0 Å². The fourth-order valence-electron chi connectivity index (χ4n) is 2.08. The van der Waals surface area contributed by atoms with Gasteiger partial charge in [0.1, 0.15) is 0 Å². The molecule has 0 aliphatic carbocycles. The molecule has 0 spiro atoms. The topological polar surface area (TPSA) is 86.2 Å². The monoisotopic (exact) mass is 336 g/mol. The Kier molecular flexibility index (Phi) is 5.16. The zero-order valence-electron chi connectivity index (χ0n) is 13.5. The first-order valence-corrected chi connectivity index (χ1v) is 7.56. The van der Waals surface area contributed by atoms with E-state index < -0.39 is 6.09 Å². The summed E-state index contributed by atoms with van der Waals surface area (Å²) in [5, 5.41) is 2.67. The van der Waals surface area contributed by atoms with Crippen LogP contribution in [0.4, 0.5) is 4.79 Å². The van der Waals surface area contributed by atoms with Crippen molar-refractivity contribution in [1.82, 2.24) is 20.3 Å². The summed E-state index contributed by atoms with van der Waals surface area (Å²) >= 11 is 0. The highest BCUT2D eigenvalue weighted by Crippen LogP contribution is 2.19. The predicted molar refractivity (Wildman–Crippen MR) is 91.1 cm³/mol. The van der Waals surface area contributed by atoms with Crippen molar-refractivity contribution in [2.75, 3.05) is 7.11 Å². The van der Waals surface area contributed by atoms with Crippen molar-refractivity contribution in [1.29, 1.82) is 0 Å². The molecule has 0 bridgehead atoms. The Balaban J connectivity index is 1.57. The maximum absolute atomic E-state index is 11.8. The largest absolute Gasteiger partial charge is 0.467 e. The minimum absolute atomic E-state index is 0.212. The van der Waals surface area contributed by atoms with E-state index in [-0.39, 0.29) is 5.88 Å². The molecule has 0 aliphatic heterocycles. The van der Waals surface area contributed by atoms with E-state index in [0.717, 1.165) is 16.7 Å². The maximum atomic E-state index is 11.8. The van der Waals surface area contributed by atoms with Crippen LogP contribution >= 0.6 is 0 Å². The van der Waals surface area contributed by atoms with Crippen molar-refractivity contribution >= 4 is 6.09 Å². The van der Waals surface area contributed by atoms with Gasteiger partial charge in [-0.2, -0.15) is 0 Å². The molecule has 1 aromatic carbocycles. The molecule has 7 nitrogen and oxygen atoms in total. The predicted octanol–water partition coefficient (Wildman–Crippen LogP) is 2.84. The summed E-state index contributed by atoms with van der Waals surface area (Å²) in [7, 11) is 1.51. The number of hydrogen-bond donors (Lipinski definition) is 1. The third-order valence-electron chi connectivity index (χ3n) is 3.36. The van der Waals surface area contributed by atoms with Gasteiger partial charge in [-0.05, 0) is 11.6 Å². The van der Waals surface area contributed by atoms with Crippen LogP contribution in [0.5, 0.6) is 11.9 Å². The quantitative estimate of drug-likeness (QED) is 0.771. The van der Waals surface area contributed by atoms with E-state index in [1.165, 1.54) is 7.11 Å². The van der Waals surface area contributed by atoms with Gasteiger partial charge in [0.25, 0.3) is 0 Å². The molecule has 0 fully saturated rings. The number of nitrogens with one attached hydrogen (secondary N) is 1. The molecular formula is C18H16N4O3. The van der Waals surface area contributed by atoms with Crippen LogP contribution in [0, 0.1) is 0 Å². The molecule has 0 atom stereocenters. The number of hydrogen-bond acceptors (Lipinski definition) is 6. The maximum Gasteiger partial charge on any atom is 0.414 e. The molecule has 3 rings (SSSR count). The fraction of sp³-hybridized carbons (Fsp3) is 0.111. The van der Waals surface area contributed by atoms with Gasteiger partial charge in [-0.15, -0.1) is 0 Å². The van der Waals surface area contributed by atoms with E-state index in [0.29, 0.717) is 12.6 Å². The molecule has 1 N–H and O–H groups in total. The number of ether oxygens (including phenoxy) is 2. The van der Waals surface area contributed by atoms with Crippen LogP contribution in [0.2, 0.25) is 0 Å². The van der Waals surface area contributed by atoms with Crippen molar-refractivity contribution < 1.29 is 14.3 Å². The van der Waals surface area contributed by atoms with Gasteiger partial charge < -0.3 is 14.8 Å². The summed E-state index contributed by atoms with van der Waals surface area (Å²) in [4.78, 5) is 24.0. The first-order chi connectivity index (χ1) is 12.2. The van der Waals surface area contributed by atoms with E-state index in [2.05, 4.69) is 20.3 Å². The molecule has 0 saturated heterocycles. The normalized spacial score (nSPS) is 10.1. The number of rotatable bonds is 5. The summed E-state index contributed by atoms with van der Waals surface area (Å²) in [5.41, 5.74) is 2.58. The molecule has 0 saturated carbocycles. The third-order valence-corrected chi connectivity index (χ3v) is 3.36. The Bertz CT molecular complexity index is 821. The summed E-state index contributed by atoms with van der Waals surface area (Å²) in [6.45, 7) is 0.390. The number of carbonyl (C=O) groups excluding carboxylic acids is 1. The third kappa shape index (κ3) is 4.51. The van der Waals surface area contributed by atoms with E-state index in [1.807, 2.05) is 30.3 Å². The van der Waals surface area contributed by atoms with Crippen LogP contribution in [-0.2, 0) is 6.54 Å². The smallest absolute Gasteiger partial charge is 0.414 e. The molecule has 2 aromatic heterocycles. The van der Waals surface area contributed by atoms with Gasteiger partial charge in [0.15, 0.2) is 0 Å². The summed E-state index contributed by atoms with van der Waals surface area (Å²) in [6, 6.07) is 13.3. The van der Waals surface area contributed by atoms with Crippen LogP contribution in [-0.4, -0.2) is 28.2 Å². The molecule has 2 heterocycles. The number of benzene rings is 1. The molecule has 0 radical (unpaired) electrons. The van der Waals surface area contributed by atoms with Gasteiger partial charge in [0.2, 0.25) is 5.88 Å². The van der Waals surface area contributed by atoms with Gasteiger partial charge in [0, 0.05) is 42.3 Å². The second-order valence-corrected chi connectivity index (χ2v) is 5.07. The summed E-state index contributed by atoms with van der Waals surface area (Å²) < 4.78 is 10.1. The minimum Gasteiger partial charge on any atom is -0.467 e. The minimum atomic E-state index is -0.558. The molecular weight excluding hydrogens is 320 g/mol. The Morgan fingerprint density at radius 1 is 0.960 bits per heavy atom. The van der Waals surface area contributed by atoms with Gasteiger partial charge in [-0.25, -0.2) is 19.7 Å². The summed E-state index contributed by atoms with van der Waals surface area (Å²) in [6.07, 6.45) is 4.30. The lowest BCUT2D eigenvalue weighted by atomic mass is 10.1. The lowest BCUT2D eigenvalue weighted by molar-refractivity contribution is 0.198. The van der Waals surface area contributed by atoms with E-state index in [9.17, 15) is 4.79 Å². The number of methoxy groups -OCH3 is 1. The Morgan fingerprint density at radius 2 is 1.68 bits per heavy atom. The fourth-order valence-corrected chi connectivity index (χ4v) is 2.08. The van der Waals surface area contributed by atoms with Crippen LogP contribution in [0.15, 0.2) is 61.1 Å². The molecule has 0 unspecified atom stereocenters. The lowest BCUT2D eigenvalue weighted by Gasteiger charge is -2.07. The van der Waals surface area contributed by atoms with Gasteiger partial charge in [0.05, 0.1) is 7.11 Å². The van der Waals surface area contributed by atoms with Crippen molar-refractivity contribution in [2.24, 2.45) is 0 Å². The number of carbonyl (C=O) groups is 1. The molecule has 0 aliphatic rings. The Morgan fingerprint density at radius 3 is 2.32 bits per heavy atom. The average Bonchev–Trinajstić information content (AvgIpc) is 2.68. The van der Waals surface area contributed by atoms with Crippen molar-refractivity contribution in [3.63, 3.8) is 0 Å². The second kappa shape index (κ2) is 7.87. The Hall–Kier alpha value is -3.48. The molecule has 1 amide bonds. The molecule has 126 valence electrons. The van der Waals surface area contributed by atoms with Crippen LogP contribution in [0.1, 0.15) is 5.56 Å². The highest BCUT2D eigenvalue weighted by atomic mass is 16.6. The standard InChI is InChI=1S/C18H16N4O3/c1-24-17-20-11-15(12-21-17)14-7-8-16(19-10-14)25-18(23)22-9-13-5-3-2-4-6-13/h2-8,10-12H,9H2,1H3,(H,22,23). The number of amides is 1. The van der Waals surface area contributed by atoms with E-state index >= 15 is 0 Å².